The van der Waals surface area contributed by atoms with Crippen LogP contribution < -0.4 is 5.32 Å². The molecule has 0 aliphatic carbocycles. The van der Waals surface area contributed by atoms with Crippen LogP contribution >= 0.6 is 31.9 Å². The van der Waals surface area contributed by atoms with Crippen molar-refractivity contribution in [2.45, 2.75) is 12.5 Å². The van der Waals surface area contributed by atoms with E-state index in [9.17, 15) is 4.39 Å². The molecule has 2 aromatic rings. The molecule has 0 spiro atoms. The van der Waals surface area contributed by atoms with Gasteiger partial charge in [-0.05, 0) is 75.2 Å². The third kappa shape index (κ3) is 3.61. The lowest BCUT2D eigenvalue weighted by atomic mass is 10.0. The summed E-state index contributed by atoms with van der Waals surface area (Å²) in [6, 6.07) is 8.99. The van der Waals surface area contributed by atoms with Crippen LogP contribution in [-0.4, -0.2) is 12.0 Å². The van der Waals surface area contributed by atoms with Crippen LogP contribution in [0.5, 0.6) is 0 Å². The maximum atomic E-state index is 13.2. The van der Waals surface area contributed by atoms with E-state index >= 15 is 0 Å². The Bertz CT molecular complexity index is 575. The summed E-state index contributed by atoms with van der Waals surface area (Å²) < 4.78 is 14.7. The average molecular weight is 388 g/mol. The number of rotatable bonds is 4. The van der Waals surface area contributed by atoms with Gasteiger partial charge in [-0.2, -0.15) is 0 Å². The van der Waals surface area contributed by atoms with Crippen LogP contribution in [0.25, 0.3) is 0 Å². The van der Waals surface area contributed by atoms with Gasteiger partial charge in [0.2, 0.25) is 0 Å². The van der Waals surface area contributed by atoms with Crippen molar-refractivity contribution in [3.05, 3.63) is 62.5 Å². The van der Waals surface area contributed by atoms with Gasteiger partial charge in [0.15, 0.2) is 0 Å². The number of hydrogen-bond acceptors (Lipinski definition) is 2. The van der Waals surface area contributed by atoms with Crippen LogP contribution in [0.1, 0.15) is 17.3 Å². The number of nitrogens with zero attached hydrogens (tertiary/aromatic N) is 1. The van der Waals surface area contributed by atoms with Crippen molar-refractivity contribution in [3.8, 4) is 0 Å². The zero-order valence-electron chi connectivity index (χ0n) is 10.3. The van der Waals surface area contributed by atoms with Crippen molar-refractivity contribution >= 4 is 31.9 Å². The summed E-state index contributed by atoms with van der Waals surface area (Å²) >= 11 is 6.71. The minimum atomic E-state index is -0.247. The molecular formula is C14H13Br2FN2. The number of halogens is 3. The van der Waals surface area contributed by atoms with E-state index in [0.717, 1.165) is 22.2 Å². The van der Waals surface area contributed by atoms with Crippen LogP contribution in [0.3, 0.4) is 0 Å². The van der Waals surface area contributed by atoms with Gasteiger partial charge < -0.3 is 5.32 Å². The Labute approximate surface area is 128 Å². The van der Waals surface area contributed by atoms with E-state index in [2.05, 4.69) is 42.2 Å². The third-order valence-corrected chi connectivity index (χ3v) is 4.17. The van der Waals surface area contributed by atoms with Crippen molar-refractivity contribution < 1.29 is 4.39 Å². The molecule has 1 aromatic heterocycles. The normalized spacial score (nSPS) is 12.4. The van der Waals surface area contributed by atoms with Gasteiger partial charge in [0.1, 0.15) is 5.82 Å². The number of hydrogen-bond donors (Lipinski definition) is 1. The largest absolute Gasteiger partial charge is 0.311 e. The van der Waals surface area contributed by atoms with E-state index in [1.165, 1.54) is 6.07 Å². The molecule has 0 radical (unpaired) electrons. The number of nitrogens with one attached hydrogen (secondary N) is 1. The lowest BCUT2D eigenvalue weighted by molar-refractivity contribution is 0.570. The molecule has 2 nitrogen and oxygen atoms in total. The fraction of sp³-hybridized carbons (Fsp3) is 0.214. The molecule has 1 aromatic carbocycles. The highest BCUT2D eigenvalue weighted by atomic mass is 79.9. The Morgan fingerprint density at radius 1 is 1.26 bits per heavy atom. The van der Waals surface area contributed by atoms with Crippen LogP contribution in [0.4, 0.5) is 4.39 Å². The van der Waals surface area contributed by atoms with Crippen LogP contribution in [0, 0.1) is 5.82 Å². The molecule has 0 bridgehead atoms. The van der Waals surface area contributed by atoms with E-state index in [1.807, 2.05) is 19.2 Å². The Morgan fingerprint density at radius 3 is 2.68 bits per heavy atom. The average Bonchev–Trinajstić information content (AvgIpc) is 2.41. The Hall–Kier alpha value is -0.780. The molecule has 1 atom stereocenters. The van der Waals surface area contributed by atoms with Gasteiger partial charge in [0.05, 0.1) is 16.2 Å². The highest BCUT2D eigenvalue weighted by molar-refractivity contribution is 9.10. The molecule has 0 aliphatic rings. The van der Waals surface area contributed by atoms with E-state index in [4.69, 9.17) is 0 Å². The predicted octanol–water partition coefficient (Wildman–Crippen LogP) is 4.25. The van der Waals surface area contributed by atoms with Crippen LogP contribution in [-0.2, 0) is 6.42 Å². The highest BCUT2D eigenvalue weighted by Gasteiger charge is 2.15. The Balaban J connectivity index is 2.24. The lowest BCUT2D eigenvalue weighted by Crippen LogP contribution is -2.20. The summed E-state index contributed by atoms with van der Waals surface area (Å²) in [7, 11) is 1.89. The first-order valence-corrected chi connectivity index (χ1v) is 7.42. The lowest BCUT2D eigenvalue weighted by Gasteiger charge is -2.17. The second-order valence-corrected chi connectivity index (χ2v) is 5.87. The van der Waals surface area contributed by atoms with Gasteiger partial charge in [-0.15, -0.1) is 0 Å². The molecule has 5 heteroatoms. The predicted molar refractivity (Wildman–Crippen MR) is 81.5 cm³/mol. The molecule has 1 heterocycles. The molecule has 0 saturated carbocycles. The number of likely N-dealkylation sites (N-methyl/N-ethyl adjacent to an activating group) is 1. The quantitative estimate of drug-likeness (QED) is 0.848. The monoisotopic (exact) mass is 386 g/mol. The molecule has 19 heavy (non-hydrogen) atoms. The fourth-order valence-corrected chi connectivity index (χ4v) is 2.85. The first kappa shape index (κ1) is 14.6. The van der Waals surface area contributed by atoms with E-state index in [1.54, 1.807) is 18.3 Å². The number of aromatic nitrogens is 1. The molecule has 1 unspecified atom stereocenters. The summed E-state index contributed by atoms with van der Waals surface area (Å²) in [4.78, 5) is 4.39. The molecule has 0 fully saturated rings. The Morgan fingerprint density at radius 2 is 2.05 bits per heavy atom. The summed E-state index contributed by atoms with van der Waals surface area (Å²) in [6.07, 6.45) is 2.51. The molecule has 100 valence electrons. The van der Waals surface area contributed by atoms with Crippen molar-refractivity contribution in [1.29, 1.82) is 0 Å². The molecule has 0 amide bonds. The SMILES string of the molecule is CNC(Cc1ccc(F)c(Br)c1)c1ncccc1Br. The van der Waals surface area contributed by atoms with Gasteiger partial charge in [-0.25, -0.2) is 4.39 Å². The number of benzene rings is 1. The minimum absolute atomic E-state index is 0.0768. The van der Waals surface area contributed by atoms with Gasteiger partial charge in [-0.1, -0.05) is 6.07 Å². The Kier molecular flexibility index (Phi) is 5.07. The first-order chi connectivity index (χ1) is 9.11. The van der Waals surface area contributed by atoms with Crippen molar-refractivity contribution in [1.82, 2.24) is 10.3 Å². The third-order valence-electron chi connectivity index (χ3n) is 2.89. The van der Waals surface area contributed by atoms with E-state index in [0.29, 0.717) is 4.47 Å². The first-order valence-electron chi connectivity index (χ1n) is 5.83. The van der Waals surface area contributed by atoms with Gasteiger partial charge >= 0.3 is 0 Å². The molecule has 0 saturated heterocycles. The maximum Gasteiger partial charge on any atom is 0.137 e. The summed E-state index contributed by atoms with van der Waals surface area (Å²) in [5.74, 6) is -0.247. The minimum Gasteiger partial charge on any atom is -0.311 e. The van der Waals surface area contributed by atoms with E-state index in [-0.39, 0.29) is 11.9 Å². The fourth-order valence-electron chi connectivity index (χ4n) is 1.89. The molecular weight excluding hydrogens is 375 g/mol. The van der Waals surface area contributed by atoms with Crippen molar-refractivity contribution in [2.75, 3.05) is 7.05 Å². The summed E-state index contributed by atoms with van der Waals surface area (Å²) in [6.45, 7) is 0. The standard InChI is InChI=1S/C14H13Br2FN2/c1-18-13(14-10(15)3-2-6-19-14)8-9-4-5-12(17)11(16)7-9/h2-7,13,18H,8H2,1H3. The van der Waals surface area contributed by atoms with Gasteiger partial charge in [0.25, 0.3) is 0 Å². The van der Waals surface area contributed by atoms with Crippen LogP contribution in [0.15, 0.2) is 45.5 Å². The maximum absolute atomic E-state index is 13.2. The molecule has 1 N–H and O–H groups in total. The smallest absolute Gasteiger partial charge is 0.137 e. The topological polar surface area (TPSA) is 24.9 Å². The van der Waals surface area contributed by atoms with Crippen molar-refractivity contribution in [3.63, 3.8) is 0 Å². The van der Waals surface area contributed by atoms with E-state index < -0.39 is 0 Å². The second kappa shape index (κ2) is 6.59. The summed E-state index contributed by atoms with van der Waals surface area (Å²) in [5.41, 5.74) is 2.00. The molecule has 0 aliphatic heterocycles. The van der Waals surface area contributed by atoms with Crippen molar-refractivity contribution in [2.24, 2.45) is 0 Å². The van der Waals surface area contributed by atoms with Gasteiger partial charge in [0, 0.05) is 10.7 Å². The summed E-state index contributed by atoms with van der Waals surface area (Å²) in [5, 5.41) is 3.24. The van der Waals surface area contributed by atoms with Crippen LogP contribution in [0.2, 0.25) is 0 Å². The highest BCUT2D eigenvalue weighted by Crippen LogP contribution is 2.25. The zero-order chi connectivity index (χ0) is 13.8. The zero-order valence-corrected chi connectivity index (χ0v) is 13.5. The second-order valence-electron chi connectivity index (χ2n) is 4.16. The molecule has 2 rings (SSSR count). The van der Waals surface area contributed by atoms with Gasteiger partial charge in [-0.3, -0.25) is 4.98 Å². The number of pyridine rings is 1.